The molecule has 1 saturated heterocycles. The molecular weight excluding hydrogens is 180 g/mol. The first-order valence-corrected chi connectivity index (χ1v) is 4.86. The van der Waals surface area contributed by atoms with E-state index >= 15 is 0 Å². The van der Waals surface area contributed by atoms with Crippen LogP contribution in [0.5, 0.6) is 0 Å². The van der Waals surface area contributed by atoms with Gasteiger partial charge in [0.15, 0.2) is 5.89 Å². The highest BCUT2D eigenvalue weighted by atomic mass is 16.3. The molecule has 2 rings (SSSR count). The van der Waals surface area contributed by atoms with Gasteiger partial charge in [-0.15, -0.1) is 0 Å². The SMILES string of the molecule is CN1CCC(c2nc(CC=O)co2)C1. The summed E-state index contributed by atoms with van der Waals surface area (Å²) < 4.78 is 5.35. The molecule has 2 heterocycles. The summed E-state index contributed by atoms with van der Waals surface area (Å²) in [5, 5.41) is 0. The molecule has 76 valence electrons. The van der Waals surface area contributed by atoms with E-state index in [0.29, 0.717) is 12.3 Å². The maximum absolute atomic E-state index is 10.3. The van der Waals surface area contributed by atoms with E-state index in [1.54, 1.807) is 6.26 Å². The number of carbonyl (C=O) groups is 1. The predicted octanol–water partition coefficient (Wildman–Crippen LogP) is 0.835. The quantitative estimate of drug-likeness (QED) is 0.669. The molecule has 0 radical (unpaired) electrons. The van der Waals surface area contributed by atoms with Crippen LogP contribution in [0.1, 0.15) is 23.9 Å². The average molecular weight is 194 g/mol. The Morgan fingerprint density at radius 1 is 1.79 bits per heavy atom. The van der Waals surface area contributed by atoms with Gasteiger partial charge in [-0.1, -0.05) is 0 Å². The van der Waals surface area contributed by atoms with Gasteiger partial charge in [0.1, 0.15) is 12.5 Å². The standard InChI is InChI=1S/C10H14N2O2/c1-12-4-2-8(6-12)10-11-9(3-5-13)7-14-10/h5,7-8H,2-4,6H2,1H3. The van der Waals surface area contributed by atoms with Crippen LogP contribution < -0.4 is 0 Å². The van der Waals surface area contributed by atoms with Gasteiger partial charge < -0.3 is 14.1 Å². The summed E-state index contributed by atoms with van der Waals surface area (Å²) in [4.78, 5) is 16.8. The van der Waals surface area contributed by atoms with Gasteiger partial charge in [-0.25, -0.2) is 4.98 Å². The summed E-state index contributed by atoms with van der Waals surface area (Å²) in [6, 6.07) is 0. The first-order valence-electron chi connectivity index (χ1n) is 4.86. The van der Waals surface area contributed by atoms with E-state index in [2.05, 4.69) is 16.9 Å². The van der Waals surface area contributed by atoms with Crippen molar-refractivity contribution in [3.63, 3.8) is 0 Å². The highest BCUT2D eigenvalue weighted by Gasteiger charge is 2.25. The van der Waals surface area contributed by atoms with E-state index in [-0.39, 0.29) is 0 Å². The zero-order chi connectivity index (χ0) is 9.97. The molecule has 1 aliphatic heterocycles. The van der Waals surface area contributed by atoms with Crippen LogP contribution in [0.3, 0.4) is 0 Å². The molecule has 1 fully saturated rings. The number of hydrogen-bond donors (Lipinski definition) is 0. The normalized spacial score (nSPS) is 22.8. The number of likely N-dealkylation sites (N-methyl/N-ethyl adjacent to an activating group) is 1. The average Bonchev–Trinajstić information content (AvgIpc) is 2.74. The Labute approximate surface area is 82.9 Å². The monoisotopic (exact) mass is 194 g/mol. The fraction of sp³-hybridized carbons (Fsp3) is 0.600. The minimum Gasteiger partial charge on any atom is -0.448 e. The van der Waals surface area contributed by atoms with E-state index < -0.39 is 0 Å². The molecule has 1 aromatic heterocycles. The third-order valence-corrected chi connectivity index (χ3v) is 2.60. The second kappa shape index (κ2) is 3.92. The van der Waals surface area contributed by atoms with Gasteiger partial charge in [-0.2, -0.15) is 0 Å². The number of aromatic nitrogens is 1. The highest BCUT2D eigenvalue weighted by molar-refractivity contribution is 5.53. The van der Waals surface area contributed by atoms with E-state index in [4.69, 9.17) is 4.42 Å². The summed E-state index contributed by atoms with van der Waals surface area (Å²) in [5.74, 6) is 1.19. The molecular formula is C10H14N2O2. The minimum atomic E-state index is 0.353. The summed E-state index contributed by atoms with van der Waals surface area (Å²) in [6.45, 7) is 2.09. The van der Waals surface area contributed by atoms with Gasteiger partial charge in [-0.3, -0.25) is 0 Å². The summed E-state index contributed by atoms with van der Waals surface area (Å²) in [5.41, 5.74) is 0.740. The zero-order valence-electron chi connectivity index (χ0n) is 8.27. The number of rotatable bonds is 3. The van der Waals surface area contributed by atoms with E-state index in [0.717, 1.165) is 37.4 Å². The zero-order valence-corrected chi connectivity index (χ0v) is 8.27. The number of oxazole rings is 1. The van der Waals surface area contributed by atoms with Gasteiger partial charge in [0, 0.05) is 18.9 Å². The topological polar surface area (TPSA) is 46.3 Å². The fourth-order valence-electron chi connectivity index (χ4n) is 1.83. The van der Waals surface area contributed by atoms with Crippen molar-refractivity contribution in [2.75, 3.05) is 20.1 Å². The molecule has 0 bridgehead atoms. The molecule has 0 aliphatic carbocycles. The Morgan fingerprint density at radius 2 is 2.64 bits per heavy atom. The summed E-state index contributed by atoms with van der Waals surface area (Å²) in [7, 11) is 2.09. The van der Waals surface area contributed by atoms with E-state index in [1.165, 1.54) is 0 Å². The van der Waals surface area contributed by atoms with Gasteiger partial charge in [0.2, 0.25) is 0 Å². The van der Waals surface area contributed by atoms with Crippen molar-refractivity contribution in [2.45, 2.75) is 18.8 Å². The van der Waals surface area contributed by atoms with Crippen molar-refractivity contribution >= 4 is 6.29 Å². The van der Waals surface area contributed by atoms with Gasteiger partial charge in [0.05, 0.1) is 5.69 Å². The number of hydrogen-bond acceptors (Lipinski definition) is 4. The predicted molar refractivity (Wildman–Crippen MR) is 51.1 cm³/mol. The highest BCUT2D eigenvalue weighted by Crippen LogP contribution is 2.25. The molecule has 4 nitrogen and oxygen atoms in total. The first kappa shape index (κ1) is 9.40. The Kier molecular flexibility index (Phi) is 2.63. The van der Waals surface area contributed by atoms with Crippen molar-refractivity contribution in [3.05, 3.63) is 17.8 Å². The van der Waals surface area contributed by atoms with Gasteiger partial charge in [-0.05, 0) is 20.0 Å². The maximum Gasteiger partial charge on any atom is 0.198 e. The van der Waals surface area contributed by atoms with Crippen LogP contribution in [-0.4, -0.2) is 36.3 Å². The molecule has 1 aliphatic rings. The Hall–Kier alpha value is -1.16. The summed E-state index contributed by atoms with van der Waals surface area (Å²) in [6.07, 6.45) is 3.88. The second-order valence-electron chi connectivity index (χ2n) is 3.80. The van der Waals surface area contributed by atoms with Crippen molar-refractivity contribution in [3.8, 4) is 0 Å². The Balaban J connectivity index is 2.05. The Bertz CT molecular complexity index is 322. The number of carbonyl (C=O) groups excluding carboxylic acids is 1. The lowest BCUT2D eigenvalue weighted by Gasteiger charge is -2.05. The van der Waals surface area contributed by atoms with Crippen molar-refractivity contribution in [1.29, 1.82) is 0 Å². The van der Waals surface area contributed by atoms with Crippen LogP contribution in [-0.2, 0) is 11.2 Å². The van der Waals surface area contributed by atoms with E-state index in [9.17, 15) is 4.79 Å². The second-order valence-corrected chi connectivity index (χ2v) is 3.80. The van der Waals surface area contributed by atoms with Gasteiger partial charge in [0.25, 0.3) is 0 Å². The van der Waals surface area contributed by atoms with Crippen LogP contribution in [0.15, 0.2) is 10.7 Å². The lowest BCUT2D eigenvalue weighted by Crippen LogP contribution is -2.13. The molecule has 1 atom stereocenters. The largest absolute Gasteiger partial charge is 0.448 e. The molecule has 14 heavy (non-hydrogen) atoms. The van der Waals surface area contributed by atoms with Crippen LogP contribution in [0.25, 0.3) is 0 Å². The fourth-order valence-corrected chi connectivity index (χ4v) is 1.83. The van der Waals surface area contributed by atoms with Crippen LogP contribution in [0.4, 0.5) is 0 Å². The van der Waals surface area contributed by atoms with Crippen LogP contribution in [0.2, 0.25) is 0 Å². The first-order chi connectivity index (χ1) is 6.79. The molecule has 4 heteroatoms. The minimum absolute atomic E-state index is 0.353. The third-order valence-electron chi connectivity index (χ3n) is 2.60. The summed E-state index contributed by atoms with van der Waals surface area (Å²) >= 11 is 0. The lowest BCUT2D eigenvalue weighted by atomic mass is 10.1. The van der Waals surface area contributed by atoms with Crippen molar-refractivity contribution < 1.29 is 9.21 Å². The number of nitrogens with zero attached hydrogens (tertiary/aromatic N) is 2. The van der Waals surface area contributed by atoms with Crippen molar-refractivity contribution in [2.24, 2.45) is 0 Å². The van der Waals surface area contributed by atoms with Crippen molar-refractivity contribution in [1.82, 2.24) is 9.88 Å². The van der Waals surface area contributed by atoms with E-state index in [1.807, 2.05) is 0 Å². The Morgan fingerprint density at radius 3 is 3.29 bits per heavy atom. The maximum atomic E-state index is 10.3. The molecule has 0 aromatic carbocycles. The van der Waals surface area contributed by atoms with Gasteiger partial charge >= 0.3 is 0 Å². The molecule has 1 unspecified atom stereocenters. The van der Waals surface area contributed by atoms with Crippen LogP contribution in [0, 0.1) is 0 Å². The molecule has 0 spiro atoms. The van der Waals surface area contributed by atoms with Crippen LogP contribution >= 0.6 is 0 Å². The smallest absolute Gasteiger partial charge is 0.198 e. The molecule has 0 amide bonds. The molecule has 0 saturated carbocycles. The number of likely N-dealkylation sites (tertiary alicyclic amines) is 1. The number of aldehydes is 1. The molecule has 0 N–H and O–H groups in total. The lowest BCUT2D eigenvalue weighted by molar-refractivity contribution is -0.107. The third kappa shape index (κ3) is 1.85. The molecule has 1 aromatic rings.